The molecule has 2 aliphatic rings. The van der Waals surface area contributed by atoms with E-state index >= 15 is 0 Å². The highest BCUT2D eigenvalue weighted by molar-refractivity contribution is 5.38. The van der Waals surface area contributed by atoms with Crippen LogP contribution in [-0.2, 0) is 5.41 Å². The molecule has 2 fully saturated rings. The lowest BCUT2D eigenvalue weighted by Gasteiger charge is -2.62. The van der Waals surface area contributed by atoms with E-state index < -0.39 is 0 Å². The van der Waals surface area contributed by atoms with Crippen molar-refractivity contribution in [1.82, 2.24) is 5.32 Å². The highest BCUT2D eigenvalue weighted by Crippen LogP contribution is 2.64. The molecule has 116 valence electrons. The molecule has 21 heavy (non-hydrogen) atoms. The molecule has 1 N–H and O–H groups in total. The Hall–Kier alpha value is -0.820. The fourth-order valence-electron chi connectivity index (χ4n) is 4.35. The Morgan fingerprint density at radius 2 is 1.71 bits per heavy atom. The average molecular weight is 285 g/mol. The fraction of sp³-hybridized carbons (Fsp3) is 0.700. The molecular weight excluding hydrogens is 254 g/mol. The first kappa shape index (κ1) is 15.1. The van der Waals surface area contributed by atoms with Gasteiger partial charge in [-0.05, 0) is 82.4 Å². The average Bonchev–Trinajstić information content (AvgIpc) is 2.28. The van der Waals surface area contributed by atoms with Crippen molar-refractivity contribution in [3.8, 4) is 0 Å². The van der Waals surface area contributed by atoms with E-state index in [1.807, 2.05) is 0 Å². The van der Waals surface area contributed by atoms with Crippen LogP contribution in [0.5, 0.6) is 0 Å². The molecule has 1 aromatic rings. The van der Waals surface area contributed by atoms with Crippen LogP contribution in [0.2, 0.25) is 0 Å². The molecule has 0 bridgehead atoms. The molecule has 2 saturated carbocycles. The Bertz CT molecular complexity index is 523. The predicted molar refractivity (Wildman–Crippen MR) is 90.9 cm³/mol. The van der Waals surface area contributed by atoms with Crippen LogP contribution in [0.4, 0.5) is 0 Å². The monoisotopic (exact) mass is 285 g/mol. The Balaban J connectivity index is 1.84. The molecule has 0 aromatic heterocycles. The quantitative estimate of drug-likeness (QED) is 0.833. The third kappa shape index (κ3) is 2.77. The first-order valence-electron chi connectivity index (χ1n) is 8.57. The van der Waals surface area contributed by atoms with Crippen LogP contribution >= 0.6 is 0 Å². The van der Waals surface area contributed by atoms with Crippen LogP contribution < -0.4 is 5.32 Å². The molecule has 0 atom stereocenters. The van der Waals surface area contributed by atoms with Gasteiger partial charge in [-0.25, -0.2) is 0 Å². The maximum atomic E-state index is 3.78. The summed E-state index contributed by atoms with van der Waals surface area (Å²) in [4.78, 5) is 0. The van der Waals surface area contributed by atoms with Gasteiger partial charge in [-0.1, -0.05) is 24.6 Å². The molecule has 3 rings (SSSR count). The second-order valence-corrected chi connectivity index (χ2v) is 8.89. The molecule has 0 unspecified atom stereocenters. The summed E-state index contributed by atoms with van der Waals surface area (Å²) in [6, 6.07) is 7.15. The zero-order valence-electron chi connectivity index (χ0n) is 14.5. The molecule has 1 aromatic carbocycles. The lowest BCUT2D eigenvalue weighted by atomic mass is 9.43. The van der Waals surface area contributed by atoms with Gasteiger partial charge in [0, 0.05) is 17.5 Å². The van der Waals surface area contributed by atoms with Gasteiger partial charge in [0.25, 0.3) is 0 Å². The normalized spacial score (nSPS) is 22.7. The van der Waals surface area contributed by atoms with Crippen LogP contribution in [0.25, 0.3) is 0 Å². The summed E-state index contributed by atoms with van der Waals surface area (Å²) in [5.41, 5.74) is 5.71. The largest absolute Gasteiger partial charge is 0.311 e. The van der Waals surface area contributed by atoms with Crippen molar-refractivity contribution in [3.05, 3.63) is 34.9 Å². The van der Waals surface area contributed by atoms with E-state index in [2.05, 4.69) is 58.1 Å². The Morgan fingerprint density at radius 1 is 1.05 bits per heavy atom. The van der Waals surface area contributed by atoms with Gasteiger partial charge in [-0.2, -0.15) is 0 Å². The van der Waals surface area contributed by atoms with Crippen LogP contribution in [0, 0.1) is 19.3 Å². The first-order chi connectivity index (χ1) is 9.74. The summed E-state index contributed by atoms with van der Waals surface area (Å²) in [5.74, 6) is 0. The van der Waals surface area contributed by atoms with Gasteiger partial charge in [-0.15, -0.1) is 0 Å². The third-order valence-electron chi connectivity index (χ3n) is 5.92. The number of hydrogen-bond donors (Lipinski definition) is 1. The lowest BCUT2D eigenvalue weighted by molar-refractivity contribution is -0.0503. The second-order valence-electron chi connectivity index (χ2n) is 8.89. The van der Waals surface area contributed by atoms with Crippen LogP contribution in [0.1, 0.15) is 69.6 Å². The molecule has 1 nitrogen and oxygen atoms in total. The van der Waals surface area contributed by atoms with Gasteiger partial charge in [0.1, 0.15) is 0 Å². The van der Waals surface area contributed by atoms with Crippen LogP contribution in [0.3, 0.4) is 0 Å². The van der Waals surface area contributed by atoms with Crippen molar-refractivity contribution in [2.24, 2.45) is 5.41 Å². The van der Waals surface area contributed by atoms with Crippen molar-refractivity contribution in [1.29, 1.82) is 0 Å². The van der Waals surface area contributed by atoms with E-state index in [1.54, 1.807) is 5.56 Å². The minimum Gasteiger partial charge on any atom is -0.311 e. The standard InChI is InChI=1S/C20H31N/c1-15-7-8-17(11-16(15)2)20(14-21-18(3,4)5)12-19(13-20)9-6-10-19/h7-8,11,21H,6,9-10,12-14H2,1-5H3. The minimum atomic E-state index is 0.203. The van der Waals surface area contributed by atoms with Gasteiger partial charge < -0.3 is 5.32 Å². The highest BCUT2D eigenvalue weighted by atomic mass is 15.0. The third-order valence-corrected chi connectivity index (χ3v) is 5.92. The van der Waals surface area contributed by atoms with Gasteiger partial charge >= 0.3 is 0 Å². The van der Waals surface area contributed by atoms with Crippen molar-refractivity contribution in [2.75, 3.05) is 6.54 Å². The van der Waals surface area contributed by atoms with Crippen molar-refractivity contribution in [2.45, 2.75) is 77.7 Å². The van der Waals surface area contributed by atoms with Crippen molar-refractivity contribution < 1.29 is 0 Å². The van der Waals surface area contributed by atoms with E-state index in [4.69, 9.17) is 0 Å². The zero-order valence-corrected chi connectivity index (χ0v) is 14.5. The summed E-state index contributed by atoms with van der Waals surface area (Å²) in [7, 11) is 0. The summed E-state index contributed by atoms with van der Waals surface area (Å²) < 4.78 is 0. The first-order valence-corrected chi connectivity index (χ1v) is 8.57. The molecule has 0 heterocycles. The SMILES string of the molecule is Cc1ccc(C2(CNC(C)(C)C)CC3(CCC3)C2)cc1C. The molecule has 0 aliphatic heterocycles. The molecule has 1 spiro atoms. The highest BCUT2D eigenvalue weighted by Gasteiger charge is 2.57. The Labute approximate surface area is 130 Å². The second kappa shape index (κ2) is 4.84. The summed E-state index contributed by atoms with van der Waals surface area (Å²) in [5, 5.41) is 3.78. The summed E-state index contributed by atoms with van der Waals surface area (Å²) >= 11 is 0. The molecule has 0 saturated heterocycles. The summed E-state index contributed by atoms with van der Waals surface area (Å²) in [6.45, 7) is 12.4. The van der Waals surface area contributed by atoms with Crippen LogP contribution in [-0.4, -0.2) is 12.1 Å². The maximum Gasteiger partial charge on any atom is 0.00968 e. The van der Waals surface area contributed by atoms with Crippen molar-refractivity contribution in [3.63, 3.8) is 0 Å². The minimum absolute atomic E-state index is 0.203. The van der Waals surface area contributed by atoms with E-state index in [0.717, 1.165) is 6.54 Å². The van der Waals surface area contributed by atoms with E-state index in [1.165, 1.54) is 43.2 Å². The van der Waals surface area contributed by atoms with Gasteiger partial charge in [0.2, 0.25) is 0 Å². The topological polar surface area (TPSA) is 12.0 Å². The molecule has 2 aliphatic carbocycles. The lowest BCUT2D eigenvalue weighted by Crippen LogP contribution is -2.59. The van der Waals surface area contributed by atoms with E-state index in [-0.39, 0.29) is 5.54 Å². The Kier molecular flexibility index (Phi) is 3.48. The van der Waals surface area contributed by atoms with Crippen LogP contribution in [0.15, 0.2) is 18.2 Å². The molecule has 0 amide bonds. The van der Waals surface area contributed by atoms with Crippen molar-refractivity contribution >= 4 is 0 Å². The zero-order chi connectivity index (χ0) is 15.3. The number of benzene rings is 1. The summed E-state index contributed by atoms with van der Waals surface area (Å²) in [6.07, 6.45) is 7.18. The Morgan fingerprint density at radius 3 is 2.19 bits per heavy atom. The number of aryl methyl sites for hydroxylation is 2. The number of hydrogen-bond acceptors (Lipinski definition) is 1. The van der Waals surface area contributed by atoms with Gasteiger partial charge in [-0.3, -0.25) is 0 Å². The fourth-order valence-corrected chi connectivity index (χ4v) is 4.35. The molecule has 0 radical (unpaired) electrons. The smallest absolute Gasteiger partial charge is 0.00968 e. The van der Waals surface area contributed by atoms with E-state index in [0.29, 0.717) is 10.8 Å². The predicted octanol–water partition coefficient (Wildman–Crippen LogP) is 4.89. The number of rotatable bonds is 3. The molecular formula is C20H31N. The van der Waals surface area contributed by atoms with Gasteiger partial charge in [0.05, 0.1) is 0 Å². The number of nitrogens with one attached hydrogen (secondary N) is 1. The molecule has 1 heteroatoms. The maximum absolute atomic E-state index is 3.78. The van der Waals surface area contributed by atoms with E-state index in [9.17, 15) is 0 Å². The van der Waals surface area contributed by atoms with Gasteiger partial charge in [0.15, 0.2) is 0 Å².